The van der Waals surface area contributed by atoms with Crippen LogP contribution in [0.3, 0.4) is 0 Å². The largest absolute Gasteiger partial charge is 0.466 e. The second-order valence-electron chi connectivity index (χ2n) is 27.4. The summed E-state index contributed by atoms with van der Waals surface area (Å²) in [7, 11) is 0. The Hall–Kier alpha value is -1.92. The number of aliphatic hydroxyl groups excluding tert-OH is 2. The van der Waals surface area contributed by atoms with Crippen molar-refractivity contribution in [2.45, 2.75) is 456 Å². The summed E-state index contributed by atoms with van der Waals surface area (Å²) in [5, 5.41) is 23.2. The standard InChI is InChI=1S/C81H155NO5/c1-3-5-7-9-11-13-15-17-19-20-42-46-49-53-57-61-65-69-73-79(84)78(77-83)82-80(85)74-70-66-62-58-54-50-47-43-40-38-36-34-32-30-28-26-24-22-21-23-25-27-29-31-33-35-37-39-41-44-48-52-56-60-64-68-72-76-87-81(86)75-71-67-63-59-55-51-45-18-16-14-12-10-8-6-4-2/h21,23,27,29,69,73,78-79,83-84H,3-20,22,24-26,28,30-68,70-72,74-77H2,1-2H3,(H,82,85)/b23-21-,29-27-,73-69+. The van der Waals surface area contributed by atoms with Crippen molar-refractivity contribution >= 4 is 11.9 Å². The lowest BCUT2D eigenvalue weighted by molar-refractivity contribution is -0.143. The quantitative estimate of drug-likeness (QED) is 0.0320. The molecule has 0 aliphatic carbocycles. The summed E-state index contributed by atoms with van der Waals surface area (Å²) in [6.07, 6.45) is 99.9. The number of carbonyl (C=O) groups is 2. The number of unbranched alkanes of at least 4 members (excludes halogenated alkanes) is 60. The van der Waals surface area contributed by atoms with Crippen molar-refractivity contribution in [2.75, 3.05) is 13.2 Å². The molecule has 0 radical (unpaired) electrons. The topological polar surface area (TPSA) is 95.9 Å². The summed E-state index contributed by atoms with van der Waals surface area (Å²) >= 11 is 0. The molecule has 0 aliphatic rings. The van der Waals surface area contributed by atoms with Gasteiger partial charge in [0.1, 0.15) is 0 Å². The first-order chi connectivity index (χ1) is 43.0. The van der Waals surface area contributed by atoms with Crippen molar-refractivity contribution in [1.82, 2.24) is 5.32 Å². The molecule has 0 saturated heterocycles. The number of rotatable bonds is 75. The molecule has 0 rings (SSSR count). The van der Waals surface area contributed by atoms with Gasteiger partial charge in [-0.2, -0.15) is 0 Å². The van der Waals surface area contributed by atoms with Gasteiger partial charge in [0.05, 0.1) is 25.4 Å². The van der Waals surface area contributed by atoms with Crippen LogP contribution < -0.4 is 5.32 Å². The number of ether oxygens (including phenoxy) is 1. The lowest BCUT2D eigenvalue weighted by Gasteiger charge is -2.20. The molecule has 0 saturated carbocycles. The van der Waals surface area contributed by atoms with Gasteiger partial charge in [0.25, 0.3) is 0 Å². The van der Waals surface area contributed by atoms with E-state index in [1.807, 2.05) is 6.08 Å². The van der Waals surface area contributed by atoms with Crippen LogP contribution in [0.1, 0.15) is 444 Å². The van der Waals surface area contributed by atoms with Crippen molar-refractivity contribution in [3.63, 3.8) is 0 Å². The average molecular weight is 1220 g/mol. The van der Waals surface area contributed by atoms with E-state index in [2.05, 4.69) is 43.5 Å². The molecule has 0 fully saturated rings. The third kappa shape index (κ3) is 73.0. The monoisotopic (exact) mass is 1220 g/mol. The van der Waals surface area contributed by atoms with Gasteiger partial charge in [-0.15, -0.1) is 0 Å². The molecule has 2 unspecified atom stereocenters. The zero-order valence-electron chi connectivity index (χ0n) is 59.0. The molecule has 514 valence electrons. The number of aliphatic hydroxyl groups is 2. The maximum absolute atomic E-state index is 12.5. The minimum absolute atomic E-state index is 0.0222. The molecular formula is C81H155NO5. The van der Waals surface area contributed by atoms with Gasteiger partial charge in [-0.25, -0.2) is 0 Å². The summed E-state index contributed by atoms with van der Waals surface area (Å²) in [5.41, 5.74) is 0. The Morgan fingerprint density at radius 1 is 0.322 bits per heavy atom. The molecule has 87 heavy (non-hydrogen) atoms. The number of nitrogens with one attached hydrogen (secondary N) is 1. The van der Waals surface area contributed by atoms with Gasteiger partial charge in [0, 0.05) is 12.8 Å². The lowest BCUT2D eigenvalue weighted by atomic mass is 10.0. The van der Waals surface area contributed by atoms with Crippen LogP contribution in [0.5, 0.6) is 0 Å². The molecule has 0 spiro atoms. The Kier molecular flexibility index (Phi) is 74.8. The first-order valence-corrected chi connectivity index (χ1v) is 39.8. The van der Waals surface area contributed by atoms with E-state index in [0.717, 1.165) is 44.9 Å². The molecule has 2 atom stereocenters. The van der Waals surface area contributed by atoms with E-state index in [1.165, 1.54) is 372 Å². The van der Waals surface area contributed by atoms with E-state index >= 15 is 0 Å². The van der Waals surface area contributed by atoms with Crippen LogP contribution in [0.25, 0.3) is 0 Å². The third-order valence-electron chi connectivity index (χ3n) is 18.7. The molecule has 0 heterocycles. The molecule has 0 aromatic rings. The minimum atomic E-state index is -0.843. The van der Waals surface area contributed by atoms with Crippen LogP contribution in [-0.4, -0.2) is 47.4 Å². The van der Waals surface area contributed by atoms with E-state index in [4.69, 9.17) is 4.74 Å². The predicted molar refractivity (Wildman–Crippen MR) is 384 cm³/mol. The van der Waals surface area contributed by atoms with Crippen molar-refractivity contribution in [2.24, 2.45) is 0 Å². The summed E-state index contributed by atoms with van der Waals surface area (Å²) in [6.45, 7) is 4.95. The highest BCUT2D eigenvalue weighted by molar-refractivity contribution is 5.76. The molecule has 6 heteroatoms. The van der Waals surface area contributed by atoms with Gasteiger partial charge < -0.3 is 20.3 Å². The van der Waals surface area contributed by atoms with Gasteiger partial charge in [0.2, 0.25) is 5.91 Å². The highest BCUT2D eigenvalue weighted by Crippen LogP contribution is 2.20. The molecule has 1 amide bonds. The van der Waals surface area contributed by atoms with Gasteiger partial charge in [0.15, 0.2) is 0 Å². The third-order valence-corrected chi connectivity index (χ3v) is 18.7. The van der Waals surface area contributed by atoms with Gasteiger partial charge in [-0.3, -0.25) is 9.59 Å². The lowest BCUT2D eigenvalue weighted by Crippen LogP contribution is -2.45. The first-order valence-electron chi connectivity index (χ1n) is 39.8. The van der Waals surface area contributed by atoms with Crippen LogP contribution in [0.2, 0.25) is 0 Å². The Morgan fingerprint density at radius 2 is 0.575 bits per heavy atom. The second-order valence-corrected chi connectivity index (χ2v) is 27.4. The van der Waals surface area contributed by atoms with Crippen molar-refractivity contribution in [3.05, 3.63) is 36.5 Å². The number of esters is 1. The van der Waals surface area contributed by atoms with E-state index in [9.17, 15) is 19.8 Å². The van der Waals surface area contributed by atoms with Crippen LogP contribution in [-0.2, 0) is 14.3 Å². The molecule has 3 N–H and O–H groups in total. The predicted octanol–water partition coefficient (Wildman–Crippen LogP) is 26.2. The molecule has 0 aliphatic heterocycles. The molecule has 0 aromatic carbocycles. The smallest absolute Gasteiger partial charge is 0.305 e. The number of hydrogen-bond acceptors (Lipinski definition) is 5. The molecule has 6 nitrogen and oxygen atoms in total. The number of hydrogen-bond donors (Lipinski definition) is 3. The molecule has 0 bridgehead atoms. The molecule has 0 aromatic heterocycles. The number of amides is 1. The van der Waals surface area contributed by atoms with E-state index in [1.54, 1.807) is 6.08 Å². The van der Waals surface area contributed by atoms with Crippen LogP contribution in [0, 0.1) is 0 Å². The summed E-state index contributed by atoms with van der Waals surface area (Å²) in [5.74, 6) is -0.0393. The highest BCUT2D eigenvalue weighted by Gasteiger charge is 2.18. The minimum Gasteiger partial charge on any atom is -0.466 e. The first kappa shape index (κ1) is 85.1. The van der Waals surface area contributed by atoms with E-state index < -0.39 is 12.1 Å². The van der Waals surface area contributed by atoms with Gasteiger partial charge in [-0.1, -0.05) is 403 Å². The number of carbonyl (C=O) groups excluding carboxylic acids is 2. The fourth-order valence-electron chi connectivity index (χ4n) is 12.6. The maximum atomic E-state index is 12.5. The zero-order chi connectivity index (χ0) is 62.8. The summed E-state index contributed by atoms with van der Waals surface area (Å²) in [6, 6.07) is -0.626. The Morgan fingerprint density at radius 3 is 0.874 bits per heavy atom. The zero-order valence-corrected chi connectivity index (χ0v) is 59.0. The SMILES string of the molecule is CCCCCCCCCCCCCCCCCC/C=C/C(O)C(CO)NC(=O)CCCCCCCCCCCCCCCCCCC/C=C\C/C=C\CCCCCCCCCCCCCCCOC(=O)CCCCCCCCCCCCCCCCC. The van der Waals surface area contributed by atoms with E-state index in [-0.39, 0.29) is 18.5 Å². The Bertz CT molecular complexity index is 1410. The number of allylic oxidation sites excluding steroid dienone is 5. The van der Waals surface area contributed by atoms with Gasteiger partial charge >= 0.3 is 5.97 Å². The second kappa shape index (κ2) is 76.5. The summed E-state index contributed by atoms with van der Waals surface area (Å²) < 4.78 is 5.50. The van der Waals surface area contributed by atoms with Crippen molar-refractivity contribution in [1.29, 1.82) is 0 Å². The Labute approximate surface area is 544 Å². The van der Waals surface area contributed by atoms with E-state index in [0.29, 0.717) is 19.4 Å². The van der Waals surface area contributed by atoms with Gasteiger partial charge in [-0.05, 0) is 64.2 Å². The Balaban J connectivity index is 3.37. The maximum Gasteiger partial charge on any atom is 0.305 e. The summed E-state index contributed by atoms with van der Waals surface area (Å²) in [4.78, 5) is 24.6. The fraction of sp³-hybridized carbons (Fsp3) is 0.901. The van der Waals surface area contributed by atoms with Crippen LogP contribution in [0.15, 0.2) is 36.5 Å². The van der Waals surface area contributed by atoms with Crippen LogP contribution in [0.4, 0.5) is 0 Å². The average Bonchev–Trinajstić information content (AvgIpc) is 3.57. The van der Waals surface area contributed by atoms with Crippen LogP contribution >= 0.6 is 0 Å². The fourth-order valence-corrected chi connectivity index (χ4v) is 12.6. The highest BCUT2D eigenvalue weighted by atomic mass is 16.5. The van der Waals surface area contributed by atoms with Crippen molar-refractivity contribution < 1.29 is 24.5 Å². The normalized spacial score (nSPS) is 12.6. The molecular weight excluding hydrogens is 1070 g/mol. The van der Waals surface area contributed by atoms with Crippen molar-refractivity contribution in [3.8, 4) is 0 Å².